The largest absolute Gasteiger partial charge is 0.475 e. The molecule has 0 spiro atoms. The number of aryl methyl sites for hydroxylation is 1. The number of methoxy groups -OCH3 is 1. The fourth-order valence-corrected chi connectivity index (χ4v) is 2.32. The molecular weight excluding hydrogens is 316 g/mol. The summed E-state index contributed by atoms with van der Waals surface area (Å²) in [5.74, 6) is 1.34. The van der Waals surface area contributed by atoms with E-state index in [0.29, 0.717) is 32.2 Å². The molecule has 0 saturated carbocycles. The number of guanidine groups is 1. The lowest BCUT2D eigenvalue weighted by Gasteiger charge is -2.14. The van der Waals surface area contributed by atoms with Crippen molar-refractivity contribution in [1.82, 2.24) is 15.6 Å². The average molecular weight is 342 g/mol. The maximum absolute atomic E-state index is 5.65. The summed E-state index contributed by atoms with van der Waals surface area (Å²) in [6.07, 6.45) is 1.72. The van der Waals surface area contributed by atoms with Crippen LogP contribution in [-0.2, 0) is 17.8 Å². The molecule has 6 heteroatoms. The fourth-order valence-electron chi connectivity index (χ4n) is 2.32. The predicted molar refractivity (Wildman–Crippen MR) is 99.8 cm³/mol. The van der Waals surface area contributed by atoms with E-state index in [0.717, 1.165) is 11.5 Å². The molecule has 0 aliphatic heterocycles. The summed E-state index contributed by atoms with van der Waals surface area (Å²) in [7, 11) is 3.40. The number of hydrogen-bond donors (Lipinski definition) is 2. The summed E-state index contributed by atoms with van der Waals surface area (Å²) in [4.78, 5) is 8.54. The Morgan fingerprint density at radius 3 is 2.72 bits per heavy atom. The smallest absolute Gasteiger partial charge is 0.218 e. The van der Waals surface area contributed by atoms with Gasteiger partial charge in [0.15, 0.2) is 5.96 Å². The third-order valence-electron chi connectivity index (χ3n) is 3.59. The lowest BCUT2D eigenvalue weighted by atomic mass is 10.1. The van der Waals surface area contributed by atoms with Crippen molar-refractivity contribution in [3.05, 3.63) is 59.3 Å². The fraction of sp³-hybridized carbons (Fsp3) is 0.368. The van der Waals surface area contributed by atoms with Crippen molar-refractivity contribution in [2.75, 3.05) is 27.4 Å². The molecule has 0 bridgehead atoms. The molecular formula is C19H26N4O2. The molecule has 0 amide bonds. The third kappa shape index (κ3) is 6.43. The summed E-state index contributed by atoms with van der Waals surface area (Å²) in [6.45, 7) is 4.38. The SMILES string of the molecule is CN=C(NCc1cccc(C)c1)NCc1cccnc1OCCOC. The molecule has 6 nitrogen and oxygen atoms in total. The topological polar surface area (TPSA) is 67.8 Å². The number of ether oxygens (including phenoxy) is 2. The summed E-state index contributed by atoms with van der Waals surface area (Å²) >= 11 is 0. The second-order valence-electron chi connectivity index (χ2n) is 5.58. The number of pyridine rings is 1. The number of hydrogen-bond acceptors (Lipinski definition) is 4. The highest BCUT2D eigenvalue weighted by Crippen LogP contribution is 2.13. The highest BCUT2D eigenvalue weighted by Gasteiger charge is 2.06. The minimum absolute atomic E-state index is 0.473. The van der Waals surface area contributed by atoms with Crippen LogP contribution in [0, 0.1) is 6.92 Å². The second-order valence-corrected chi connectivity index (χ2v) is 5.58. The average Bonchev–Trinajstić information content (AvgIpc) is 2.63. The summed E-state index contributed by atoms with van der Waals surface area (Å²) in [5, 5.41) is 6.60. The van der Waals surface area contributed by atoms with Crippen molar-refractivity contribution >= 4 is 5.96 Å². The van der Waals surface area contributed by atoms with Gasteiger partial charge < -0.3 is 20.1 Å². The van der Waals surface area contributed by atoms with Gasteiger partial charge in [0.25, 0.3) is 0 Å². The molecule has 1 aromatic carbocycles. The first-order valence-corrected chi connectivity index (χ1v) is 8.28. The van der Waals surface area contributed by atoms with E-state index in [1.165, 1.54) is 11.1 Å². The van der Waals surface area contributed by atoms with Gasteiger partial charge in [-0.15, -0.1) is 0 Å². The van der Waals surface area contributed by atoms with Crippen molar-refractivity contribution in [3.63, 3.8) is 0 Å². The van der Waals surface area contributed by atoms with Crippen molar-refractivity contribution in [1.29, 1.82) is 0 Å². The second kappa shape index (κ2) is 10.3. The van der Waals surface area contributed by atoms with Crippen molar-refractivity contribution in [3.8, 4) is 5.88 Å². The number of benzene rings is 1. The van der Waals surface area contributed by atoms with E-state index in [9.17, 15) is 0 Å². The maximum Gasteiger partial charge on any atom is 0.218 e. The van der Waals surface area contributed by atoms with Crippen LogP contribution in [0.15, 0.2) is 47.6 Å². The quantitative estimate of drug-likeness (QED) is 0.438. The number of aliphatic imine (C=N–C) groups is 1. The number of nitrogens with one attached hydrogen (secondary N) is 2. The Bertz CT molecular complexity index is 689. The molecule has 1 heterocycles. The molecule has 0 atom stereocenters. The predicted octanol–water partition coefficient (Wildman–Crippen LogP) is 2.28. The number of nitrogens with zero attached hydrogens (tertiary/aromatic N) is 2. The molecule has 2 N–H and O–H groups in total. The van der Waals surface area contributed by atoms with Gasteiger partial charge in [-0.2, -0.15) is 0 Å². The molecule has 134 valence electrons. The lowest BCUT2D eigenvalue weighted by Crippen LogP contribution is -2.36. The first kappa shape index (κ1) is 18.7. The van der Waals surface area contributed by atoms with Gasteiger partial charge in [0.05, 0.1) is 6.61 Å². The van der Waals surface area contributed by atoms with Crippen LogP contribution in [-0.4, -0.2) is 38.3 Å². The van der Waals surface area contributed by atoms with E-state index in [2.05, 4.69) is 51.8 Å². The highest BCUT2D eigenvalue weighted by molar-refractivity contribution is 5.79. The normalized spacial score (nSPS) is 11.2. The van der Waals surface area contributed by atoms with Crippen LogP contribution in [0.5, 0.6) is 5.88 Å². The van der Waals surface area contributed by atoms with Crippen molar-refractivity contribution in [2.45, 2.75) is 20.0 Å². The Kier molecular flexibility index (Phi) is 7.72. The zero-order valence-electron chi connectivity index (χ0n) is 15.1. The molecule has 25 heavy (non-hydrogen) atoms. The van der Waals surface area contributed by atoms with Gasteiger partial charge in [-0.1, -0.05) is 35.9 Å². The van der Waals surface area contributed by atoms with Gasteiger partial charge >= 0.3 is 0 Å². The van der Waals surface area contributed by atoms with Crippen LogP contribution >= 0.6 is 0 Å². The number of rotatable bonds is 8. The van der Waals surface area contributed by atoms with E-state index < -0.39 is 0 Å². The van der Waals surface area contributed by atoms with Crippen molar-refractivity contribution in [2.24, 2.45) is 4.99 Å². The molecule has 0 radical (unpaired) electrons. The summed E-state index contributed by atoms with van der Waals surface area (Å²) < 4.78 is 10.7. The Balaban J connectivity index is 1.88. The minimum atomic E-state index is 0.473. The van der Waals surface area contributed by atoms with Crippen molar-refractivity contribution < 1.29 is 9.47 Å². The van der Waals surface area contributed by atoms with Gasteiger partial charge in [0.2, 0.25) is 5.88 Å². The van der Waals surface area contributed by atoms with Gasteiger partial charge in [-0.25, -0.2) is 4.98 Å². The first-order valence-electron chi connectivity index (χ1n) is 8.28. The molecule has 2 rings (SSSR count). The standard InChI is InChI=1S/C19H26N4O2/c1-15-6-4-7-16(12-15)13-22-19(20-2)23-14-17-8-5-9-21-18(17)25-11-10-24-3/h4-9,12H,10-11,13-14H2,1-3H3,(H2,20,22,23). The van der Waals surface area contributed by atoms with E-state index in [1.807, 2.05) is 12.1 Å². The Morgan fingerprint density at radius 2 is 1.96 bits per heavy atom. The molecule has 1 aromatic heterocycles. The molecule has 0 saturated heterocycles. The Labute approximate surface area is 149 Å². The molecule has 0 aliphatic carbocycles. The van der Waals surface area contributed by atoms with Crippen LogP contribution in [0.4, 0.5) is 0 Å². The van der Waals surface area contributed by atoms with Gasteiger partial charge in [0.1, 0.15) is 6.61 Å². The Hall–Kier alpha value is -2.60. The van der Waals surface area contributed by atoms with Crippen LogP contribution in [0.1, 0.15) is 16.7 Å². The van der Waals surface area contributed by atoms with Crippen LogP contribution in [0.25, 0.3) is 0 Å². The first-order chi connectivity index (χ1) is 12.2. The molecule has 0 fully saturated rings. The third-order valence-corrected chi connectivity index (χ3v) is 3.59. The zero-order chi connectivity index (χ0) is 17.9. The summed E-state index contributed by atoms with van der Waals surface area (Å²) in [6, 6.07) is 12.3. The van der Waals surface area contributed by atoms with Crippen LogP contribution < -0.4 is 15.4 Å². The van der Waals surface area contributed by atoms with E-state index >= 15 is 0 Å². The summed E-state index contributed by atoms with van der Waals surface area (Å²) in [5.41, 5.74) is 3.43. The zero-order valence-corrected chi connectivity index (χ0v) is 15.1. The van der Waals surface area contributed by atoms with Crippen LogP contribution in [0.3, 0.4) is 0 Å². The lowest BCUT2D eigenvalue weighted by molar-refractivity contribution is 0.143. The molecule has 0 unspecified atom stereocenters. The molecule has 0 aliphatic rings. The van der Waals surface area contributed by atoms with Gasteiger partial charge in [-0.3, -0.25) is 4.99 Å². The maximum atomic E-state index is 5.65. The van der Waals surface area contributed by atoms with E-state index in [1.54, 1.807) is 20.4 Å². The highest BCUT2D eigenvalue weighted by atomic mass is 16.5. The van der Waals surface area contributed by atoms with Crippen LogP contribution in [0.2, 0.25) is 0 Å². The molecule has 2 aromatic rings. The van der Waals surface area contributed by atoms with Gasteiger partial charge in [-0.05, 0) is 18.6 Å². The monoisotopic (exact) mass is 342 g/mol. The number of aromatic nitrogens is 1. The minimum Gasteiger partial charge on any atom is -0.475 e. The van der Waals surface area contributed by atoms with E-state index in [4.69, 9.17) is 9.47 Å². The van der Waals surface area contributed by atoms with Gasteiger partial charge in [0, 0.05) is 39.0 Å². The van der Waals surface area contributed by atoms with E-state index in [-0.39, 0.29) is 0 Å². The Morgan fingerprint density at radius 1 is 1.12 bits per heavy atom.